The van der Waals surface area contributed by atoms with Crippen LogP contribution in [0.15, 0.2) is 18.2 Å². The van der Waals surface area contributed by atoms with Gasteiger partial charge in [0.05, 0.1) is 30.2 Å². The van der Waals surface area contributed by atoms with E-state index in [4.69, 9.17) is 21.1 Å². The number of esters is 1. The summed E-state index contributed by atoms with van der Waals surface area (Å²) in [4.78, 5) is 23.4. The number of hydrogen-bond acceptors (Lipinski definition) is 5. The van der Waals surface area contributed by atoms with Gasteiger partial charge >= 0.3 is 5.97 Å². The third kappa shape index (κ3) is 4.11. The molecule has 1 aromatic rings. The van der Waals surface area contributed by atoms with E-state index in [0.29, 0.717) is 23.5 Å². The number of alkyl halides is 1. The largest absolute Gasteiger partial charge is 0.465 e. The zero-order valence-electron chi connectivity index (χ0n) is 12.5. The van der Waals surface area contributed by atoms with Gasteiger partial charge in [-0.05, 0) is 31.5 Å². The molecule has 22 heavy (non-hydrogen) atoms. The highest BCUT2D eigenvalue weighted by Crippen LogP contribution is 2.25. The molecule has 0 aromatic heterocycles. The van der Waals surface area contributed by atoms with E-state index in [1.54, 1.807) is 25.1 Å². The standard InChI is InChI=1S/C15H19ClN2O4/c1-9(16)14(19)18-12-4-3-10(15(20)21-2)7-13(12)17-8-11-5-6-22-11/h3-4,7,9,11,17H,5-6,8H2,1-2H3,(H,18,19). The number of hydrogen-bond donors (Lipinski definition) is 2. The van der Waals surface area contributed by atoms with Gasteiger partial charge in [-0.25, -0.2) is 4.79 Å². The molecule has 2 unspecified atom stereocenters. The Balaban J connectivity index is 2.17. The average molecular weight is 327 g/mol. The van der Waals surface area contributed by atoms with Crippen LogP contribution in [0.5, 0.6) is 0 Å². The van der Waals surface area contributed by atoms with E-state index in [0.717, 1.165) is 13.0 Å². The predicted molar refractivity (Wildman–Crippen MR) is 84.6 cm³/mol. The average Bonchev–Trinajstić information content (AvgIpc) is 2.46. The van der Waals surface area contributed by atoms with E-state index in [9.17, 15) is 9.59 Å². The summed E-state index contributed by atoms with van der Waals surface area (Å²) in [6.07, 6.45) is 1.14. The SMILES string of the molecule is COC(=O)c1ccc(NC(=O)C(C)Cl)c(NCC2CCO2)c1. The maximum Gasteiger partial charge on any atom is 0.337 e. The topological polar surface area (TPSA) is 76.7 Å². The molecule has 1 aliphatic rings. The van der Waals surface area contributed by atoms with Crippen molar-refractivity contribution in [1.82, 2.24) is 0 Å². The fraction of sp³-hybridized carbons (Fsp3) is 0.467. The summed E-state index contributed by atoms with van der Waals surface area (Å²) in [7, 11) is 1.32. The summed E-state index contributed by atoms with van der Waals surface area (Å²) in [5.74, 6) is -0.748. The minimum absolute atomic E-state index is 0.150. The summed E-state index contributed by atoms with van der Waals surface area (Å²) in [6, 6.07) is 4.87. The fourth-order valence-electron chi connectivity index (χ4n) is 1.95. The first-order valence-corrected chi connectivity index (χ1v) is 7.47. The van der Waals surface area contributed by atoms with Crippen molar-refractivity contribution in [3.8, 4) is 0 Å². The Morgan fingerprint density at radius 3 is 2.73 bits per heavy atom. The highest BCUT2D eigenvalue weighted by Gasteiger charge is 2.19. The van der Waals surface area contributed by atoms with Crippen molar-refractivity contribution in [2.45, 2.75) is 24.8 Å². The number of benzene rings is 1. The Morgan fingerprint density at radius 2 is 2.18 bits per heavy atom. The molecule has 0 saturated carbocycles. The maximum absolute atomic E-state index is 11.8. The van der Waals surface area contributed by atoms with Gasteiger partial charge in [-0.15, -0.1) is 11.6 Å². The molecule has 1 saturated heterocycles. The molecule has 0 radical (unpaired) electrons. The molecular formula is C15H19ClN2O4. The van der Waals surface area contributed by atoms with Crippen LogP contribution in [0.3, 0.4) is 0 Å². The van der Waals surface area contributed by atoms with Crippen molar-refractivity contribution in [1.29, 1.82) is 0 Å². The normalized spacial score (nSPS) is 18.0. The zero-order chi connectivity index (χ0) is 16.1. The summed E-state index contributed by atoms with van der Waals surface area (Å²) in [5, 5.41) is 5.27. The number of halogens is 1. The molecule has 2 N–H and O–H groups in total. The van der Waals surface area contributed by atoms with Crippen LogP contribution in [0.25, 0.3) is 0 Å². The van der Waals surface area contributed by atoms with Crippen molar-refractivity contribution in [3.05, 3.63) is 23.8 Å². The van der Waals surface area contributed by atoms with Gasteiger partial charge in [0.25, 0.3) is 0 Å². The number of anilines is 2. The van der Waals surface area contributed by atoms with Gasteiger partial charge in [0.1, 0.15) is 5.38 Å². The molecule has 120 valence electrons. The third-order valence-corrected chi connectivity index (χ3v) is 3.57. The number of carbonyl (C=O) groups is 2. The first kappa shape index (κ1) is 16.6. The van der Waals surface area contributed by atoms with Crippen LogP contribution in [0.4, 0.5) is 11.4 Å². The first-order chi connectivity index (χ1) is 10.5. The van der Waals surface area contributed by atoms with Crippen molar-refractivity contribution >= 4 is 34.9 Å². The van der Waals surface area contributed by atoms with Crippen molar-refractivity contribution in [2.24, 2.45) is 0 Å². The van der Waals surface area contributed by atoms with Gasteiger partial charge in [-0.3, -0.25) is 4.79 Å². The van der Waals surface area contributed by atoms with E-state index < -0.39 is 11.3 Å². The van der Waals surface area contributed by atoms with Gasteiger partial charge in [0.2, 0.25) is 5.91 Å². The molecule has 7 heteroatoms. The maximum atomic E-state index is 11.8. The summed E-state index contributed by atoms with van der Waals surface area (Å²) >= 11 is 5.77. The molecule has 0 spiro atoms. The Hall–Kier alpha value is -1.79. The lowest BCUT2D eigenvalue weighted by Crippen LogP contribution is -2.33. The van der Waals surface area contributed by atoms with Gasteiger partial charge in [-0.2, -0.15) is 0 Å². The van der Waals surface area contributed by atoms with Crippen LogP contribution in [-0.2, 0) is 14.3 Å². The molecular weight excluding hydrogens is 308 g/mol. The van der Waals surface area contributed by atoms with E-state index in [2.05, 4.69) is 10.6 Å². The number of amides is 1. The minimum atomic E-state index is -0.650. The van der Waals surface area contributed by atoms with Gasteiger partial charge in [0.15, 0.2) is 0 Å². The van der Waals surface area contributed by atoms with Gasteiger partial charge in [-0.1, -0.05) is 0 Å². The highest BCUT2D eigenvalue weighted by molar-refractivity contribution is 6.32. The number of nitrogens with one attached hydrogen (secondary N) is 2. The second-order valence-electron chi connectivity index (χ2n) is 5.02. The Kier molecular flexibility index (Phi) is 5.63. The van der Waals surface area contributed by atoms with Gasteiger partial charge < -0.3 is 20.1 Å². The van der Waals surface area contributed by atoms with E-state index in [-0.39, 0.29) is 12.0 Å². The lowest BCUT2D eigenvalue weighted by Gasteiger charge is -2.27. The molecule has 1 fully saturated rings. The minimum Gasteiger partial charge on any atom is -0.465 e. The molecule has 1 aliphatic heterocycles. The van der Waals surface area contributed by atoms with Crippen LogP contribution in [0.1, 0.15) is 23.7 Å². The van der Waals surface area contributed by atoms with Crippen molar-refractivity contribution < 1.29 is 19.1 Å². The molecule has 2 atom stereocenters. The zero-order valence-corrected chi connectivity index (χ0v) is 13.3. The number of carbonyl (C=O) groups excluding carboxylic acids is 2. The molecule has 2 rings (SSSR count). The molecule has 0 aliphatic carbocycles. The lowest BCUT2D eigenvalue weighted by atomic mass is 10.1. The highest BCUT2D eigenvalue weighted by atomic mass is 35.5. The number of rotatable bonds is 6. The molecule has 6 nitrogen and oxygen atoms in total. The Morgan fingerprint density at radius 1 is 1.45 bits per heavy atom. The van der Waals surface area contributed by atoms with Crippen LogP contribution < -0.4 is 10.6 Å². The monoisotopic (exact) mass is 326 g/mol. The van der Waals surface area contributed by atoms with Crippen LogP contribution in [-0.4, -0.2) is 43.6 Å². The second kappa shape index (κ2) is 7.47. The fourth-order valence-corrected chi connectivity index (χ4v) is 2.00. The smallest absolute Gasteiger partial charge is 0.337 e. The first-order valence-electron chi connectivity index (χ1n) is 7.04. The molecule has 1 aromatic carbocycles. The van der Waals surface area contributed by atoms with E-state index in [1.165, 1.54) is 7.11 Å². The van der Waals surface area contributed by atoms with E-state index >= 15 is 0 Å². The second-order valence-corrected chi connectivity index (χ2v) is 5.67. The molecule has 1 amide bonds. The quantitative estimate of drug-likeness (QED) is 0.619. The predicted octanol–water partition coefficient (Wildman–Crippen LogP) is 2.24. The Bertz CT molecular complexity index is 558. The molecule has 1 heterocycles. The molecule has 0 bridgehead atoms. The van der Waals surface area contributed by atoms with E-state index in [1.807, 2.05) is 0 Å². The number of methoxy groups -OCH3 is 1. The van der Waals surface area contributed by atoms with Gasteiger partial charge in [0, 0.05) is 13.2 Å². The van der Waals surface area contributed by atoms with Crippen molar-refractivity contribution in [3.63, 3.8) is 0 Å². The third-order valence-electron chi connectivity index (χ3n) is 3.37. The Labute approximate surface area is 134 Å². The number of ether oxygens (including phenoxy) is 2. The van der Waals surface area contributed by atoms with Crippen molar-refractivity contribution in [2.75, 3.05) is 30.9 Å². The van der Waals surface area contributed by atoms with Crippen LogP contribution in [0, 0.1) is 0 Å². The lowest BCUT2D eigenvalue weighted by molar-refractivity contribution is -0.115. The summed E-state index contributed by atoms with van der Waals surface area (Å²) in [6.45, 7) is 2.96. The van der Waals surface area contributed by atoms with Crippen LogP contribution in [0.2, 0.25) is 0 Å². The summed E-state index contributed by atoms with van der Waals surface area (Å²) < 4.78 is 10.1. The summed E-state index contributed by atoms with van der Waals surface area (Å²) in [5.41, 5.74) is 1.59. The van der Waals surface area contributed by atoms with Crippen LogP contribution >= 0.6 is 11.6 Å².